The van der Waals surface area contributed by atoms with Crippen molar-refractivity contribution in [1.29, 1.82) is 0 Å². The van der Waals surface area contributed by atoms with Crippen LogP contribution in [0, 0.1) is 0 Å². The Morgan fingerprint density at radius 1 is 1.52 bits per heavy atom. The first kappa shape index (κ1) is 15.4. The van der Waals surface area contributed by atoms with Crippen molar-refractivity contribution in [3.05, 3.63) is 28.6 Å². The van der Waals surface area contributed by atoms with Crippen LogP contribution in [0.3, 0.4) is 0 Å². The van der Waals surface area contributed by atoms with Gasteiger partial charge in [-0.2, -0.15) is 4.98 Å². The first-order valence-electron chi connectivity index (χ1n) is 5.89. The van der Waals surface area contributed by atoms with E-state index in [1.165, 1.54) is 10.9 Å². The Bertz CT molecular complexity index is 776. The number of hydrogen-bond acceptors (Lipinski definition) is 6. The van der Waals surface area contributed by atoms with E-state index in [1.807, 2.05) is 0 Å². The maximum atomic E-state index is 11.6. The number of hydrogen-bond donors (Lipinski definition) is 5. The van der Waals surface area contributed by atoms with E-state index in [9.17, 15) is 14.5 Å². The molecule has 0 fully saturated rings. The number of nitrogens with two attached hydrogens (primary N) is 1. The topological polar surface area (TPSA) is 167 Å². The standard InChI is InChI=1S/C10H14N5O5P/c11-10-13-8-7(9(17)14-10)12-5-15(8)3-1-6(16)2-4-21(18,19)20/h2,4-6,16H,1,3H2,(H2,18,19,20)(H3,11,13,14,17)/t6-/m1/s1. The van der Waals surface area contributed by atoms with Gasteiger partial charge in [-0.15, -0.1) is 0 Å². The minimum Gasteiger partial charge on any atom is -0.389 e. The van der Waals surface area contributed by atoms with Crippen LogP contribution in [0.25, 0.3) is 11.2 Å². The third-order valence-electron chi connectivity index (χ3n) is 2.66. The Labute approximate surface area is 118 Å². The molecule has 0 bridgehead atoms. The number of aliphatic hydroxyl groups excluding tert-OH is 1. The quantitative estimate of drug-likeness (QED) is 0.444. The molecule has 0 radical (unpaired) electrons. The highest BCUT2D eigenvalue weighted by atomic mass is 31.2. The lowest BCUT2D eigenvalue weighted by Crippen LogP contribution is -2.13. The fourth-order valence-corrected chi connectivity index (χ4v) is 2.14. The monoisotopic (exact) mass is 315 g/mol. The summed E-state index contributed by atoms with van der Waals surface area (Å²) in [5.41, 5.74) is 5.40. The zero-order valence-electron chi connectivity index (χ0n) is 10.7. The highest BCUT2D eigenvalue weighted by molar-refractivity contribution is 7.55. The molecule has 0 aliphatic carbocycles. The summed E-state index contributed by atoms with van der Waals surface area (Å²) in [7, 11) is -4.29. The van der Waals surface area contributed by atoms with Gasteiger partial charge in [-0.3, -0.25) is 14.3 Å². The van der Waals surface area contributed by atoms with Crippen molar-refractivity contribution in [3.63, 3.8) is 0 Å². The van der Waals surface area contributed by atoms with Gasteiger partial charge >= 0.3 is 7.60 Å². The molecular weight excluding hydrogens is 301 g/mol. The number of aromatic nitrogens is 4. The molecule has 2 rings (SSSR count). The van der Waals surface area contributed by atoms with E-state index < -0.39 is 19.3 Å². The van der Waals surface area contributed by atoms with Crippen LogP contribution in [0.5, 0.6) is 0 Å². The highest BCUT2D eigenvalue weighted by Crippen LogP contribution is 2.36. The number of nitrogen functional groups attached to an aromatic ring is 1. The van der Waals surface area contributed by atoms with Gasteiger partial charge in [0.2, 0.25) is 5.95 Å². The summed E-state index contributed by atoms with van der Waals surface area (Å²) in [5.74, 6) is 0.598. The first-order valence-corrected chi connectivity index (χ1v) is 7.58. The molecule has 2 aromatic rings. The summed E-state index contributed by atoms with van der Waals surface area (Å²) in [4.78, 5) is 39.1. The molecule has 21 heavy (non-hydrogen) atoms. The second kappa shape index (κ2) is 5.78. The molecule has 6 N–H and O–H groups in total. The third-order valence-corrected chi connectivity index (χ3v) is 3.22. The van der Waals surface area contributed by atoms with E-state index in [4.69, 9.17) is 15.5 Å². The lowest BCUT2D eigenvalue weighted by atomic mass is 10.2. The largest absolute Gasteiger partial charge is 0.389 e. The Hall–Kier alpha value is -2.00. The minimum absolute atomic E-state index is 0.0452. The van der Waals surface area contributed by atoms with Gasteiger partial charge in [-0.25, -0.2) is 4.98 Å². The second-order valence-electron chi connectivity index (χ2n) is 4.35. The van der Waals surface area contributed by atoms with Crippen LogP contribution < -0.4 is 11.3 Å². The van der Waals surface area contributed by atoms with E-state index in [1.54, 1.807) is 0 Å². The molecule has 2 aromatic heterocycles. The second-order valence-corrected chi connectivity index (χ2v) is 5.82. The van der Waals surface area contributed by atoms with Crippen LogP contribution in [0.1, 0.15) is 6.42 Å². The van der Waals surface area contributed by atoms with Crippen LogP contribution in [0.4, 0.5) is 5.95 Å². The first-order chi connectivity index (χ1) is 9.76. The molecule has 0 amide bonds. The smallest absolute Gasteiger partial charge is 0.348 e. The molecule has 0 unspecified atom stereocenters. The van der Waals surface area contributed by atoms with Gasteiger partial charge in [0.1, 0.15) is 0 Å². The van der Waals surface area contributed by atoms with E-state index in [2.05, 4.69) is 15.0 Å². The zero-order chi connectivity index (χ0) is 15.6. The van der Waals surface area contributed by atoms with Crippen molar-refractivity contribution in [2.45, 2.75) is 19.1 Å². The maximum absolute atomic E-state index is 11.6. The fourth-order valence-electron chi connectivity index (χ4n) is 1.71. The lowest BCUT2D eigenvalue weighted by molar-refractivity contribution is 0.206. The average Bonchev–Trinajstić information content (AvgIpc) is 2.76. The van der Waals surface area contributed by atoms with Crippen LogP contribution >= 0.6 is 7.60 Å². The zero-order valence-corrected chi connectivity index (χ0v) is 11.6. The van der Waals surface area contributed by atoms with Gasteiger partial charge in [0.15, 0.2) is 11.2 Å². The molecule has 2 heterocycles. The Kier molecular flexibility index (Phi) is 4.24. The minimum atomic E-state index is -4.29. The SMILES string of the molecule is Nc1nc2c(ncn2CC[C@@H](O)C=CP(=O)(O)O)c(=O)[nH]1. The van der Waals surface area contributed by atoms with Crippen LogP contribution in [-0.2, 0) is 11.1 Å². The number of aryl methyl sites for hydroxylation is 1. The van der Waals surface area contributed by atoms with Gasteiger partial charge in [0.25, 0.3) is 5.56 Å². The Morgan fingerprint density at radius 3 is 2.90 bits per heavy atom. The maximum Gasteiger partial charge on any atom is 0.348 e. The van der Waals surface area contributed by atoms with Crippen molar-refractivity contribution in [1.82, 2.24) is 19.5 Å². The van der Waals surface area contributed by atoms with E-state index in [0.29, 0.717) is 5.82 Å². The van der Waals surface area contributed by atoms with Gasteiger partial charge < -0.3 is 25.2 Å². The summed E-state index contributed by atoms with van der Waals surface area (Å²) in [6.45, 7) is 0.249. The van der Waals surface area contributed by atoms with Gasteiger partial charge in [0.05, 0.1) is 12.4 Å². The fraction of sp³-hybridized carbons (Fsp3) is 0.300. The number of aliphatic hydroxyl groups is 1. The predicted molar refractivity (Wildman–Crippen MR) is 74.4 cm³/mol. The van der Waals surface area contributed by atoms with Crippen LogP contribution in [0.15, 0.2) is 23.0 Å². The molecule has 0 aromatic carbocycles. The number of nitrogens with zero attached hydrogens (tertiary/aromatic N) is 3. The van der Waals surface area contributed by atoms with Gasteiger partial charge in [0, 0.05) is 12.4 Å². The molecule has 10 nitrogen and oxygen atoms in total. The number of anilines is 1. The summed E-state index contributed by atoms with van der Waals surface area (Å²) in [5, 5.41) is 9.62. The van der Waals surface area contributed by atoms with Crippen molar-refractivity contribution in [2.75, 3.05) is 5.73 Å². The van der Waals surface area contributed by atoms with Gasteiger partial charge in [-0.1, -0.05) is 0 Å². The molecular formula is C10H14N5O5P. The van der Waals surface area contributed by atoms with E-state index >= 15 is 0 Å². The normalized spacial score (nSPS) is 14.0. The summed E-state index contributed by atoms with van der Waals surface area (Å²) in [6.07, 6.45) is 1.52. The van der Waals surface area contributed by atoms with Crippen molar-refractivity contribution in [3.8, 4) is 0 Å². The number of fused-ring (bicyclic) bond motifs is 1. The van der Waals surface area contributed by atoms with Crippen LogP contribution in [-0.4, -0.2) is 40.5 Å². The summed E-state index contributed by atoms with van der Waals surface area (Å²) in [6, 6.07) is 0. The third kappa shape index (κ3) is 3.99. The molecule has 0 saturated heterocycles. The number of rotatable bonds is 5. The van der Waals surface area contributed by atoms with Crippen molar-refractivity contribution in [2.24, 2.45) is 0 Å². The molecule has 0 aliphatic heterocycles. The Balaban J connectivity index is 2.13. The van der Waals surface area contributed by atoms with Crippen LogP contribution in [0.2, 0.25) is 0 Å². The molecule has 0 spiro atoms. The average molecular weight is 315 g/mol. The number of H-pyrrole nitrogens is 1. The summed E-state index contributed by atoms with van der Waals surface area (Å²) < 4.78 is 12.2. The van der Waals surface area contributed by atoms with Crippen molar-refractivity contribution >= 4 is 24.7 Å². The molecule has 1 atom stereocenters. The highest BCUT2D eigenvalue weighted by Gasteiger charge is 2.11. The van der Waals surface area contributed by atoms with E-state index in [0.717, 1.165) is 6.08 Å². The molecule has 11 heteroatoms. The summed E-state index contributed by atoms with van der Waals surface area (Å²) >= 11 is 0. The number of imidazole rings is 1. The predicted octanol–water partition coefficient (Wildman–Crippen LogP) is -0.856. The molecule has 114 valence electrons. The van der Waals surface area contributed by atoms with Crippen molar-refractivity contribution < 1.29 is 19.5 Å². The lowest BCUT2D eigenvalue weighted by Gasteiger charge is -2.07. The number of aromatic amines is 1. The number of nitrogens with one attached hydrogen (secondary N) is 1. The van der Waals surface area contributed by atoms with E-state index in [-0.39, 0.29) is 30.1 Å². The molecule has 0 aliphatic rings. The van der Waals surface area contributed by atoms with Gasteiger partial charge in [-0.05, 0) is 12.5 Å². The Morgan fingerprint density at radius 2 is 2.24 bits per heavy atom. The molecule has 0 saturated carbocycles.